The number of fused-ring (bicyclic) bond motifs is 3. The lowest BCUT2D eigenvalue weighted by atomic mass is 10.1. The average molecular weight is 335 g/mol. The highest BCUT2D eigenvalue weighted by Gasteiger charge is 2.42. The Morgan fingerprint density at radius 3 is 2.96 bits per heavy atom. The van der Waals surface area contributed by atoms with E-state index in [4.69, 9.17) is 16.3 Å². The van der Waals surface area contributed by atoms with E-state index < -0.39 is 0 Å². The number of ether oxygens (including phenoxy) is 1. The minimum atomic E-state index is -0.352. The lowest BCUT2D eigenvalue weighted by Crippen LogP contribution is -2.43. The number of hydrogen-bond acceptors (Lipinski definition) is 5. The molecule has 0 unspecified atom stereocenters. The summed E-state index contributed by atoms with van der Waals surface area (Å²) in [7, 11) is 0. The third-order valence-electron chi connectivity index (χ3n) is 4.52. The van der Waals surface area contributed by atoms with Crippen molar-refractivity contribution in [2.45, 2.75) is 32.0 Å². The molecule has 4 heterocycles. The molecule has 0 radical (unpaired) electrons. The first-order chi connectivity index (χ1) is 11.1. The topological polar surface area (TPSA) is 77.3 Å². The van der Waals surface area contributed by atoms with Crippen molar-refractivity contribution in [3.8, 4) is 0 Å². The van der Waals surface area contributed by atoms with Crippen LogP contribution in [0, 0.1) is 0 Å². The van der Waals surface area contributed by atoms with Crippen molar-refractivity contribution >= 4 is 28.5 Å². The molecule has 23 heavy (non-hydrogen) atoms. The summed E-state index contributed by atoms with van der Waals surface area (Å²) in [6.45, 7) is 3.58. The van der Waals surface area contributed by atoms with E-state index in [1.54, 1.807) is 15.7 Å². The SMILES string of the molecule is CCn1cc(C(=O)N2C[C@H]3C[C@@H]2CO3)c(=O)c2cc(Cl)nnc21. The smallest absolute Gasteiger partial charge is 0.259 e. The van der Waals surface area contributed by atoms with Gasteiger partial charge in [0.2, 0.25) is 5.43 Å². The zero-order chi connectivity index (χ0) is 16.1. The molecule has 0 N–H and O–H groups in total. The third kappa shape index (κ3) is 2.22. The maximum atomic E-state index is 12.8. The quantitative estimate of drug-likeness (QED) is 0.821. The predicted molar refractivity (Wildman–Crippen MR) is 83.7 cm³/mol. The molecule has 2 fully saturated rings. The highest BCUT2D eigenvalue weighted by atomic mass is 35.5. The zero-order valence-corrected chi connectivity index (χ0v) is 13.3. The molecule has 2 aliphatic rings. The van der Waals surface area contributed by atoms with Crippen molar-refractivity contribution in [1.29, 1.82) is 0 Å². The molecule has 2 aromatic heterocycles. The van der Waals surface area contributed by atoms with Gasteiger partial charge >= 0.3 is 0 Å². The molecule has 0 saturated carbocycles. The Kier molecular flexibility index (Phi) is 3.35. The van der Waals surface area contributed by atoms with Crippen LogP contribution in [0.2, 0.25) is 5.15 Å². The number of halogens is 1. The van der Waals surface area contributed by atoms with Crippen molar-refractivity contribution in [2.75, 3.05) is 13.2 Å². The lowest BCUT2D eigenvalue weighted by Gasteiger charge is -2.27. The maximum absolute atomic E-state index is 12.8. The fourth-order valence-corrected chi connectivity index (χ4v) is 3.50. The van der Waals surface area contributed by atoms with E-state index >= 15 is 0 Å². The van der Waals surface area contributed by atoms with E-state index in [0.717, 1.165) is 6.42 Å². The molecule has 0 spiro atoms. The van der Waals surface area contributed by atoms with E-state index in [-0.39, 0.29) is 34.2 Å². The molecule has 120 valence electrons. The number of nitrogens with zero attached hydrogens (tertiary/aromatic N) is 4. The Bertz CT molecular complexity index is 866. The summed E-state index contributed by atoms with van der Waals surface area (Å²) in [5.74, 6) is -0.247. The van der Waals surface area contributed by atoms with Crippen LogP contribution in [0.4, 0.5) is 0 Å². The summed E-state index contributed by atoms with van der Waals surface area (Å²) in [6, 6.07) is 1.53. The Hall–Kier alpha value is -1.99. The van der Waals surface area contributed by atoms with Crippen LogP contribution < -0.4 is 5.43 Å². The van der Waals surface area contributed by atoms with Gasteiger partial charge in [-0.3, -0.25) is 9.59 Å². The number of morpholine rings is 1. The number of pyridine rings is 1. The van der Waals surface area contributed by atoms with Crippen molar-refractivity contribution in [2.24, 2.45) is 0 Å². The van der Waals surface area contributed by atoms with Crippen molar-refractivity contribution in [1.82, 2.24) is 19.7 Å². The van der Waals surface area contributed by atoms with E-state index in [0.29, 0.717) is 30.7 Å². The van der Waals surface area contributed by atoms with Crippen LogP contribution in [0.15, 0.2) is 17.1 Å². The monoisotopic (exact) mass is 334 g/mol. The molecule has 2 aliphatic heterocycles. The van der Waals surface area contributed by atoms with Gasteiger partial charge < -0.3 is 14.2 Å². The minimum absolute atomic E-state index is 0.0665. The fourth-order valence-electron chi connectivity index (χ4n) is 3.36. The fraction of sp³-hybridized carbons (Fsp3) is 0.467. The molecule has 0 aromatic carbocycles. The van der Waals surface area contributed by atoms with Crippen LogP contribution in [0.5, 0.6) is 0 Å². The number of carbonyl (C=O) groups excluding carboxylic acids is 1. The number of amides is 1. The van der Waals surface area contributed by atoms with E-state index in [2.05, 4.69) is 10.2 Å². The predicted octanol–water partition coefficient (Wildman–Crippen LogP) is 1.08. The average Bonchev–Trinajstić information content (AvgIpc) is 3.18. The number of hydrogen-bond donors (Lipinski definition) is 0. The van der Waals surface area contributed by atoms with Gasteiger partial charge in [0.1, 0.15) is 5.56 Å². The van der Waals surface area contributed by atoms with Gasteiger partial charge in [0.25, 0.3) is 5.91 Å². The number of likely N-dealkylation sites (tertiary alicyclic amines) is 1. The molecule has 7 nitrogen and oxygen atoms in total. The van der Waals surface area contributed by atoms with Crippen molar-refractivity contribution in [3.05, 3.63) is 33.2 Å². The Balaban J connectivity index is 1.85. The number of aromatic nitrogens is 3. The standard InChI is InChI=1S/C15H15ClN4O3/c1-2-19-6-11(13(21)10-4-12(16)17-18-14(10)19)15(22)20-5-9-3-8(20)7-23-9/h4,6,8-9H,2-3,5,7H2,1H3/t8-,9-/m1/s1. The van der Waals surface area contributed by atoms with Gasteiger partial charge in [0, 0.05) is 19.3 Å². The molecule has 0 aliphatic carbocycles. The number of carbonyl (C=O) groups is 1. The van der Waals surface area contributed by atoms with Crippen molar-refractivity contribution < 1.29 is 9.53 Å². The summed E-state index contributed by atoms with van der Waals surface area (Å²) >= 11 is 5.86. The van der Waals surface area contributed by atoms with E-state index in [1.165, 1.54) is 6.07 Å². The highest BCUT2D eigenvalue weighted by Crippen LogP contribution is 2.28. The molecular formula is C15H15ClN4O3. The molecule has 4 rings (SSSR count). The molecule has 8 heteroatoms. The van der Waals surface area contributed by atoms with Crippen LogP contribution in [0.25, 0.3) is 11.0 Å². The second kappa shape index (κ2) is 5.28. The number of aryl methyl sites for hydroxylation is 1. The summed E-state index contributed by atoms with van der Waals surface area (Å²) in [4.78, 5) is 27.3. The second-order valence-electron chi connectivity index (χ2n) is 5.86. The summed E-state index contributed by atoms with van der Waals surface area (Å²) in [5.41, 5.74) is 0.232. The Morgan fingerprint density at radius 1 is 1.48 bits per heavy atom. The van der Waals surface area contributed by atoms with Gasteiger partial charge in [-0.05, 0) is 19.4 Å². The summed E-state index contributed by atoms with van der Waals surface area (Å²) < 4.78 is 7.26. The maximum Gasteiger partial charge on any atom is 0.259 e. The van der Waals surface area contributed by atoms with Crippen LogP contribution >= 0.6 is 11.6 Å². The summed E-state index contributed by atoms with van der Waals surface area (Å²) in [6.07, 6.45) is 2.51. The zero-order valence-electron chi connectivity index (χ0n) is 12.5. The first kappa shape index (κ1) is 14.6. The van der Waals surface area contributed by atoms with Gasteiger partial charge in [-0.25, -0.2) is 0 Å². The van der Waals surface area contributed by atoms with E-state index in [1.807, 2.05) is 6.92 Å². The Labute approximate surface area is 136 Å². The van der Waals surface area contributed by atoms with Gasteiger partial charge in [0.15, 0.2) is 10.8 Å². The molecule has 2 bridgehead atoms. The molecule has 2 aromatic rings. The van der Waals surface area contributed by atoms with Crippen LogP contribution in [0.1, 0.15) is 23.7 Å². The first-order valence-corrected chi connectivity index (χ1v) is 7.95. The molecule has 1 amide bonds. The van der Waals surface area contributed by atoms with Crippen LogP contribution in [-0.4, -0.2) is 50.9 Å². The third-order valence-corrected chi connectivity index (χ3v) is 4.71. The van der Waals surface area contributed by atoms with Gasteiger partial charge in [0.05, 0.1) is 24.1 Å². The first-order valence-electron chi connectivity index (χ1n) is 7.57. The minimum Gasteiger partial charge on any atom is -0.374 e. The highest BCUT2D eigenvalue weighted by molar-refractivity contribution is 6.29. The van der Waals surface area contributed by atoms with Crippen molar-refractivity contribution in [3.63, 3.8) is 0 Å². The largest absolute Gasteiger partial charge is 0.374 e. The molecular weight excluding hydrogens is 320 g/mol. The number of rotatable bonds is 2. The van der Waals surface area contributed by atoms with Gasteiger partial charge in [-0.15, -0.1) is 10.2 Å². The normalized spacial score (nSPS) is 23.0. The van der Waals surface area contributed by atoms with Crippen LogP contribution in [0.3, 0.4) is 0 Å². The summed E-state index contributed by atoms with van der Waals surface area (Å²) in [5, 5.41) is 8.22. The second-order valence-corrected chi connectivity index (χ2v) is 6.25. The van der Waals surface area contributed by atoms with E-state index in [9.17, 15) is 9.59 Å². The van der Waals surface area contributed by atoms with Gasteiger partial charge in [-0.2, -0.15) is 0 Å². The lowest BCUT2D eigenvalue weighted by molar-refractivity contribution is 0.0258. The van der Waals surface area contributed by atoms with Gasteiger partial charge in [-0.1, -0.05) is 11.6 Å². The molecule has 2 atom stereocenters. The Morgan fingerprint density at radius 2 is 2.30 bits per heavy atom. The molecule has 2 saturated heterocycles. The van der Waals surface area contributed by atoms with Crippen LogP contribution in [-0.2, 0) is 11.3 Å².